The van der Waals surface area contributed by atoms with E-state index in [0.717, 1.165) is 19.3 Å². The molecule has 3 N–H and O–H groups in total. The first kappa shape index (κ1) is 23.0. The SMILES string of the molecule is CCCCOC(C)C(=O)N(CCCC)c1c(N)n(CC(C)C)c(=O)[nH]c1=O. The number of amides is 1. The van der Waals surface area contributed by atoms with Crippen LogP contribution in [0.2, 0.25) is 0 Å². The molecule has 0 bridgehead atoms. The van der Waals surface area contributed by atoms with Crippen molar-refractivity contribution in [2.75, 3.05) is 23.8 Å². The van der Waals surface area contributed by atoms with Crippen LogP contribution in [0.4, 0.5) is 11.5 Å². The Morgan fingerprint density at radius 1 is 1.19 bits per heavy atom. The van der Waals surface area contributed by atoms with E-state index in [9.17, 15) is 14.4 Å². The third-order valence-electron chi connectivity index (χ3n) is 4.25. The van der Waals surface area contributed by atoms with Gasteiger partial charge in [-0.05, 0) is 25.7 Å². The summed E-state index contributed by atoms with van der Waals surface area (Å²) >= 11 is 0. The second kappa shape index (κ2) is 10.9. The Morgan fingerprint density at radius 3 is 2.37 bits per heavy atom. The number of aromatic nitrogens is 2. The zero-order valence-corrected chi connectivity index (χ0v) is 17.2. The molecule has 0 aromatic carbocycles. The van der Waals surface area contributed by atoms with Gasteiger partial charge in [0.25, 0.3) is 11.5 Å². The highest BCUT2D eigenvalue weighted by Gasteiger charge is 2.27. The number of anilines is 2. The lowest BCUT2D eigenvalue weighted by Gasteiger charge is -2.27. The zero-order chi connectivity index (χ0) is 20.6. The maximum absolute atomic E-state index is 13.0. The number of rotatable bonds is 11. The molecule has 0 aliphatic rings. The summed E-state index contributed by atoms with van der Waals surface area (Å²) in [6, 6.07) is 0. The van der Waals surface area contributed by atoms with Gasteiger partial charge >= 0.3 is 5.69 Å². The third kappa shape index (κ3) is 6.23. The Balaban J connectivity index is 3.32. The van der Waals surface area contributed by atoms with E-state index in [1.807, 2.05) is 27.7 Å². The molecule has 154 valence electrons. The summed E-state index contributed by atoms with van der Waals surface area (Å²) in [7, 11) is 0. The predicted octanol–water partition coefficient (Wildman–Crippen LogP) is 2.11. The molecule has 0 fully saturated rings. The molecule has 0 spiro atoms. The lowest BCUT2D eigenvalue weighted by atomic mass is 10.2. The number of carbonyl (C=O) groups excluding carboxylic acids is 1. The fourth-order valence-electron chi connectivity index (χ4n) is 2.73. The standard InChI is InChI=1S/C19H34N4O4/c1-6-8-10-22(18(25)14(5)27-11-9-7-2)15-16(20)23(12-13(3)4)19(26)21-17(15)24/h13-14H,6-12,20H2,1-5H3,(H,21,24,26). The van der Waals surface area contributed by atoms with Gasteiger partial charge in [0.15, 0.2) is 5.69 Å². The fraction of sp³-hybridized carbons (Fsp3) is 0.737. The smallest absolute Gasteiger partial charge is 0.330 e. The molecule has 27 heavy (non-hydrogen) atoms. The normalized spacial score (nSPS) is 12.4. The molecule has 1 unspecified atom stereocenters. The second-order valence-electron chi connectivity index (χ2n) is 7.21. The molecular formula is C19H34N4O4. The van der Waals surface area contributed by atoms with Crippen molar-refractivity contribution in [1.82, 2.24) is 9.55 Å². The van der Waals surface area contributed by atoms with Crippen LogP contribution in [0.3, 0.4) is 0 Å². The van der Waals surface area contributed by atoms with Crippen LogP contribution in [0.15, 0.2) is 9.59 Å². The van der Waals surface area contributed by atoms with Crippen LogP contribution in [0.25, 0.3) is 0 Å². The van der Waals surface area contributed by atoms with Gasteiger partial charge in [0.05, 0.1) is 0 Å². The van der Waals surface area contributed by atoms with Gasteiger partial charge in [0.2, 0.25) is 0 Å². The average molecular weight is 383 g/mol. The van der Waals surface area contributed by atoms with Crippen LogP contribution in [0.5, 0.6) is 0 Å². The Hall–Kier alpha value is -2.09. The van der Waals surface area contributed by atoms with Crippen molar-refractivity contribution >= 4 is 17.4 Å². The van der Waals surface area contributed by atoms with E-state index in [1.165, 1.54) is 9.47 Å². The second-order valence-corrected chi connectivity index (χ2v) is 7.21. The molecule has 0 saturated heterocycles. The van der Waals surface area contributed by atoms with Crippen LogP contribution in [-0.2, 0) is 16.1 Å². The minimum absolute atomic E-state index is 0.0164. The Kier molecular flexibility index (Phi) is 9.28. The fourth-order valence-corrected chi connectivity index (χ4v) is 2.73. The molecule has 1 amide bonds. The van der Waals surface area contributed by atoms with Gasteiger partial charge in [-0.3, -0.25) is 19.1 Å². The van der Waals surface area contributed by atoms with Crippen LogP contribution >= 0.6 is 0 Å². The topological polar surface area (TPSA) is 110 Å². The summed E-state index contributed by atoms with van der Waals surface area (Å²) in [5, 5.41) is 0. The van der Waals surface area contributed by atoms with Crippen molar-refractivity contribution in [2.45, 2.75) is 73.0 Å². The Bertz CT molecular complexity index is 723. The molecule has 1 aromatic rings. The first-order valence-corrected chi connectivity index (χ1v) is 9.80. The Labute approximate surface area is 160 Å². The van der Waals surface area contributed by atoms with Crippen LogP contribution in [0.1, 0.15) is 60.3 Å². The average Bonchev–Trinajstić information content (AvgIpc) is 2.60. The van der Waals surface area contributed by atoms with Gasteiger partial charge in [0, 0.05) is 19.7 Å². The van der Waals surface area contributed by atoms with Crippen molar-refractivity contribution in [3.05, 3.63) is 20.8 Å². The van der Waals surface area contributed by atoms with E-state index in [1.54, 1.807) is 6.92 Å². The third-order valence-corrected chi connectivity index (χ3v) is 4.25. The molecule has 1 aromatic heterocycles. The predicted molar refractivity (Wildman–Crippen MR) is 108 cm³/mol. The number of nitrogens with two attached hydrogens (primary N) is 1. The van der Waals surface area contributed by atoms with Crippen molar-refractivity contribution in [3.8, 4) is 0 Å². The van der Waals surface area contributed by atoms with Crippen molar-refractivity contribution < 1.29 is 9.53 Å². The van der Waals surface area contributed by atoms with E-state index >= 15 is 0 Å². The monoisotopic (exact) mass is 382 g/mol. The lowest BCUT2D eigenvalue weighted by Crippen LogP contribution is -2.45. The van der Waals surface area contributed by atoms with Gasteiger partial charge in [0.1, 0.15) is 11.9 Å². The maximum Gasteiger partial charge on any atom is 0.330 e. The zero-order valence-electron chi connectivity index (χ0n) is 17.2. The quantitative estimate of drug-likeness (QED) is 0.570. The summed E-state index contributed by atoms with van der Waals surface area (Å²) in [4.78, 5) is 41.3. The molecular weight excluding hydrogens is 348 g/mol. The number of nitrogens with one attached hydrogen (secondary N) is 1. The number of ether oxygens (including phenoxy) is 1. The summed E-state index contributed by atoms with van der Waals surface area (Å²) in [5.41, 5.74) is 4.99. The number of hydrogen-bond donors (Lipinski definition) is 2. The number of unbranched alkanes of at least 4 members (excludes halogenated alkanes) is 2. The van der Waals surface area contributed by atoms with E-state index in [4.69, 9.17) is 10.5 Å². The van der Waals surface area contributed by atoms with Crippen molar-refractivity contribution in [1.29, 1.82) is 0 Å². The van der Waals surface area contributed by atoms with Gasteiger partial charge < -0.3 is 15.4 Å². The summed E-state index contributed by atoms with van der Waals surface area (Å²) in [6.07, 6.45) is 2.67. The van der Waals surface area contributed by atoms with Crippen LogP contribution in [0, 0.1) is 5.92 Å². The first-order chi connectivity index (χ1) is 12.7. The number of carbonyl (C=O) groups is 1. The van der Waals surface area contributed by atoms with Crippen LogP contribution < -0.4 is 21.9 Å². The highest BCUT2D eigenvalue weighted by atomic mass is 16.5. The Morgan fingerprint density at radius 2 is 1.81 bits per heavy atom. The van der Waals surface area contributed by atoms with Gasteiger partial charge in [-0.15, -0.1) is 0 Å². The number of hydrogen-bond acceptors (Lipinski definition) is 5. The molecule has 8 nitrogen and oxygen atoms in total. The number of H-pyrrole nitrogens is 1. The summed E-state index contributed by atoms with van der Waals surface area (Å²) in [5.74, 6) is -0.158. The largest absolute Gasteiger partial charge is 0.383 e. The molecule has 0 saturated carbocycles. The molecule has 1 heterocycles. The van der Waals surface area contributed by atoms with Gasteiger partial charge in [-0.1, -0.05) is 40.5 Å². The summed E-state index contributed by atoms with van der Waals surface area (Å²) in [6.45, 7) is 10.8. The molecule has 8 heteroatoms. The van der Waals surface area contributed by atoms with Gasteiger partial charge in [-0.25, -0.2) is 4.79 Å². The minimum atomic E-state index is -0.697. The maximum atomic E-state index is 13.0. The molecule has 1 rings (SSSR count). The van der Waals surface area contributed by atoms with Crippen molar-refractivity contribution in [2.24, 2.45) is 5.92 Å². The molecule has 1 atom stereocenters. The molecule has 0 aliphatic carbocycles. The summed E-state index contributed by atoms with van der Waals surface area (Å²) < 4.78 is 6.93. The minimum Gasteiger partial charge on any atom is -0.383 e. The van der Waals surface area contributed by atoms with E-state index in [2.05, 4.69) is 4.98 Å². The molecule has 0 aliphatic heterocycles. The first-order valence-electron chi connectivity index (χ1n) is 9.80. The number of aromatic amines is 1. The van der Waals surface area contributed by atoms with E-state index in [-0.39, 0.29) is 23.3 Å². The highest BCUT2D eigenvalue weighted by molar-refractivity contribution is 5.98. The van der Waals surface area contributed by atoms with E-state index in [0.29, 0.717) is 26.1 Å². The van der Waals surface area contributed by atoms with Crippen LogP contribution in [-0.4, -0.2) is 34.7 Å². The van der Waals surface area contributed by atoms with E-state index < -0.39 is 17.4 Å². The molecule has 0 radical (unpaired) electrons. The lowest BCUT2D eigenvalue weighted by molar-refractivity contribution is -0.129. The van der Waals surface area contributed by atoms with Crippen molar-refractivity contribution in [3.63, 3.8) is 0 Å². The number of nitrogens with zero attached hydrogens (tertiary/aromatic N) is 2. The highest BCUT2D eigenvalue weighted by Crippen LogP contribution is 2.20. The van der Waals surface area contributed by atoms with Gasteiger partial charge in [-0.2, -0.15) is 0 Å². The number of nitrogen functional groups attached to an aromatic ring is 1.